The van der Waals surface area contributed by atoms with Gasteiger partial charge in [-0.25, -0.2) is 9.78 Å². The average Bonchev–Trinajstić information content (AvgIpc) is 3.60. The van der Waals surface area contributed by atoms with Crippen molar-refractivity contribution in [2.75, 3.05) is 26.3 Å². The van der Waals surface area contributed by atoms with Crippen LogP contribution in [-0.4, -0.2) is 53.2 Å². The highest BCUT2D eigenvalue weighted by molar-refractivity contribution is 6.04. The number of aryl methyl sites for hydroxylation is 1. The van der Waals surface area contributed by atoms with Crippen LogP contribution in [0.1, 0.15) is 52.2 Å². The number of rotatable bonds is 5. The Morgan fingerprint density at radius 2 is 1.90 bits per heavy atom. The molecule has 1 saturated carbocycles. The van der Waals surface area contributed by atoms with Crippen molar-refractivity contribution < 1.29 is 23.6 Å². The third kappa shape index (κ3) is 3.90. The van der Waals surface area contributed by atoms with E-state index in [1.54, 1.807) is 30.0 Å². The summed E-state index contributed by atoms with van der Waals surface area (Å²) in [4.78, 5) is 32.8. The maximum atomic E-state index is 13.4. The van der Waals surface area contributed by atoms with Crippen LogP contribution >= 0.6 is 0 Å². The summed E-state index contributed by atoms with van der Waals surface area (Å²) in [5.41, 5.74) is 2.65. The van der Waals surface area contributed by atoms with Crippen molar-refractivity contribution in [2.24, 2.45) is 0 Å². The lowest BCUT2D eigenvalue weighted by atomic mass is 10.1. The van der Waals surface area contributed by atoms with Gasteiger partial charge in [0.2, 0.25) is 6.10 Å². The van der Waals surface area contributed by atoms with Gasteiger partial charge in [-0.15, -0.1) is 0 Å². The van der Waals surface area contributed by atoms with Gasteiger partial charge in [-0.05, 0) is 25.8 Å². The smallest absolute Gasteiger partial charge is 0.340 e. The Labute approximate surface area is 179 Å². The van der Waals surface area contributed by atoms with Crippen molar-refractivity contribution in [3.05, 3.63) is 58.9 Å². The molecular weight excluding hydrogens is 398 g/mol. The summed E-state index contributed by atoms with van der Waals surface area (Å²) in [6, 6.07) is 10.8. The van der Waals surface area contributed by atoms with Crippen molar-refractivity contribution in [1.29, 1.82) is 0 Å². The number of pyridine rings is 1. The van der Waals surface area contributed by atoms with Gasteiger partial charge in [-0.2, -0.15) is 0 Å². The second-order valence-electron chi connectivity index (χ2n) is 7.95. The van der Waals surface area contributed by atoms with Crippen molar-refractivity contribution in [3.8, 4) is 0 Å². The Kier molecular flexibility index (Phi) is 5.15. The van der Waals surface area contributed by atoms with Gasteiger partial charge in [0.15, 0.2) is 0 Å². The molecule has 2 aliphatic rings. The zero-order valence-corrected chi connectivity index (χ0v) is 17.2. The van der Waals surface area contributed by atoms with Crippen LogP contribution in [-0.2, 0) is 14.3 Å². The number of carbonyl (C=O) groups is 2. The lowest BCUT2D eigenvalue weighted by Gasteiger charge is -2.30. The van der Waals surface area contributed by atoms with Crippen molar-refractivity contribution in [1.82, 2.24) is 15.0 Å². The molecule has 3 heterocycles. The molecule has 1 amide bonds. The number of ether oxygens (including phenoxy) is 2. The largest absolute Gasteiger partial charge is 0.444 e. The Balaban J connectivity index is 1.50. The molecule has 1 aliphatic heterocycles. The quantitative estimate of drug-likeness (QED) is 0.584. The molecule has 31 heavy (non-hydrogen) atoms. The minimum Gasteiger partial charge on any atom is -0.444 e. The molecule has 0 bridgehead atoms. The predicted molar refractivity (Wildman–Crippen MR) is 111 cm³/mol. The maximum absolute atomic E-state index is 13.4. The van der Waals surface area contributed by atoms with E-state index in [1.165, 1.54) is 0 Å². The molecule has 8 nitrogen and oxygen atoms in total. The lowest BCUT2D eigenvalue weighted by Crippen LogP contribution is -2.44. The monoisotopic (exact) mass is 421 g/mol. The Bertz CT molecular complexity index is 1120. The molecule has 5 rings (SSSR count). The summed E-state index contributed by atoms with van der Waals surface area (Å²) in [5, 5.41) is 4.50. The standard InChI is InChI=1S/C23H23N3O5/c1-14-19-17(13-18(15-7-8-15)24-21(19)31-25-14)23(28)30-20(16-5-3-2-4-6-16)22(27)26-9-11-29-12-10-26/h2-6,13,15,20H,7-12H2,1H3. The van der Waals surface area contributed by atoms with Crippen molar-refractivity contribution in [2.45, 2.75) is 31.8 Å². The van der Waals surface area contributed by atoms with E-state index in [0.717, 1.165) is 18.5 Å². The normalized spacial score (nSPS) is 17.5. The van der Waals surface area contributed by atoms with E-state index in [1.807, 2.05) is 18.2 Å². The van der Waals surface area contributed by atoms with Crippen LogP contribution in [0.15, 0.2) is 40.9 Å². The van der Waals surface area contributed by atoms with Crippen LogP contribution < -0.4 is 0 Å². The number of nitrogens with zero attached hydrogens (tertiary/aromatic N) is 3. The number of esters is 1. The van der Waals surface area contributed by atoms with Crippen molar-refractivity contribution in [3.63, 3.8) is 0 Å². The van der Waals surface area contributed by atoms with Crippen LogP contribution in [0.2, 0.25) is 0 Å². The van der Waals surface area contributed by atoms with Gasteiger partial charge in [0.1, 0.15) is 0 Å². The summed E-state index contributed by atoms with van der Waals surface area (Å²) in [6.45, 7) is 3.63. The number of morpholine rings is 1. The highest BCUT2D eigenvalue weighted by Crippen LogP contribution is 2.40. The maximum Gasteiger partial charge on any atom is 0.340 e. The topological polar surface area (TPSA) is 94.8 Å². The lowest BCUT2D eigenvalue weighted by molar-refractivity contribution is -0.145. The molecule has 3 aromatic rings. The van der Waals surface area contributed by atoms with Crippen LogP contribution in [0.25, 0.3) is 11.1 Å². The van der Waals surface area contributed by atoms with E-state index in [2.05, 4.69) is 10.1 Å². The van der Waals surface area contributed by atoms with Gasteiger partial charge in [-0.3, -0.25) is 4.79 Å². The first kappa shape index (κ1) is 19.7. The molecule has 2 fully saturated rings. The minimum atomic E-state index is -1.04. The first-order valence-electron chi connectivity index (χ1n) is 10.5. The van der Waals surface area contributed by atoms with Gasteiger partial charge >= 0.3 is 5.97 Å². The van der Waals surface area contributed by atoms with E-state index >= 15 is 0 Å². The van der Waals surface area contributed by atoms with Crippen LogP contribution in [0.3, 0.4) is 0 Å². The van der Waals surface area contributed by atoms with Gasteiger partial charge in [0.25, 0.3) is 11.6 Å². The fourth-order valence-electron chi connectivity index (χ4n) is 3.87. The molecule has 1 aromatic carbocycles. The predicted octanol–water partition coefficient (Wildman–Crippen LogP) is 3.17. The molecule has 0 N–H and O–H groups in total. The van der Waals surface area contributed by atoms with Gasteiger partial charge in [0.05, 0.1) is 29.9 Å². The molecule has 1 atom stereocenters. The molecular formula is C23H23N3O5. The van der Waals surface area contributed by atoms with E-state index in [0.29, 0.717) is 60.1 Å². The zero-order valence-electron chi connectivity index (χ0n) is 17.2. The summed E-state index contributed by atoms with van der Waals surface area (Å²) in [7, 11) is 0. The number of hydrogen-bond acceptors (Lipinski definition) is 7. The van der Waals surface area contributed by atoms with E-state index < -0.39 is 12.1 Å². The Hall–Kier alpha value is -3.26. The zero-order chi connectivity index (χ0) is 21.4. The molecule has 1 aliphatic carbocycles. The number of aromatic nitrogens is 2. The first-order valence-corrected chi connectivity index (χ1v) is 10.5. The molecule has 0 spiro atoms. The minimum absolute atomic E-state index is 0.252. The molecule has 1 unspecified atom stereocenters. The van der Waals surface area contributed by atoms with Crippen LogP contribution in [0.5, 0.6) is 0 Å². The molecule has 160 valence electrons. The number of amides is 1. The number of hydrogen-bond donors (Lipinski definition) is 0. The molecule has 1 saturated heterocycles. The highest BCUT2D eigenvalue weighted by atomic mass is 16.5. The van der Waals surface area contributed by atoms with E-state index in [4.69, 9.17) is 14.0 Å². The number of fused-ring (bicyclic) bond motifs is 1. The summed E-state index contributed by atoms with van der Waals surface area (Å²) in [5.74, 6) is -0.519. The summed E-state index contributed by atoms with van der Waals surface area (Å²) in [6.07, 6.45) is 1.02. The van der Waals surface area contributed by atoms with Gasteiger partial charge in [0, 0.05) is 30.3 Å². The van der Waals surface area contributed by atoms with Crippen LogP contribution in [0, 0.1) is 6.92 Å². The second kappa shape index (κ2) is 8.11. The highest BCUT2D eigenvalue weighted by Gasteiger charge is 2.33. The average molecular weight is 421 g/mol. The van der Waals surface area contributed by atoms with E-state index in [9.17, 15) is 9.59 Å². The first-order chi connectivity index (χ1) is 15.1. The third-order valence-electron chi connectivity index (χ3n) is 5.73. The van der Waals surface area contributed by atoms with E-state index in [-0.39, 0.29) is 5.91 Å². The second-order valence-corrected chi connectivity index (χ2v) is 7.95. The summed E-state index contributed by atoms with van der Waals surface area (Å²) < 4.78 is 16.5. The SMILES string of the molecule is Cc1noc2nc(C3CC3)cc(C(=O)OC(C(=O)N3CCOCC3)c3ccccc3)c12. The fraction of sp³-hybridized carbons (Fsp3) is 0.391. The Morgan fingerprint density at radius 3 is 2.61 bits per heavy atom. The van der Waals surface area contributed by atoms with Gasteiger partial charge < -0.3 is 18.9 Å². The summed E-state index contributed by atoms with van der Waals surface area (Å²) >= 11 is 0. The molecule has 8 heteroatoms. The number of carbonyl (C=O) groups excluding carboxylic acids is 2. The van der Waals surface area contributed by atoms with Crippen molar-refractivity contribution >= 4 is 23.0 Å². The van der Waals surface area contributed by atoms with Crippen LogP contribution in [0.4, 0.5) is 0 Å². The third-order valence-corrected chi connectivity index (χ3v) is 5.73. The Morgan fingerprint density at radius 1 is 1.16 bits per heavy atom. The fourth-order valence-corrected chi connectivity index (χ4v) is 3.87. The number of benzene rings is 1. The molecule has 0 radical (unpaired) electrons. The molecule has 2 aromatic heterocycles. The van der Waals surface area contributed by atoms with Gasteiger partial charge in [-0.1, -0.05) is 35.5 Å².